The van der Waals surface area contributed by atoms with E-state index in [2.05, 4.69) is 10.6 Å². The van der Waals surface area contributed by atoms with E-state index < -0.39 is 11.9 Å². The van der Waals surface area contributed by atoms with Crippen molar-refractivity contribution < 1.29 is 19.5 Å². The second-order valence-electron chi connectivity index (χ2n) is 6.47. The summed E-state index contributed by atoms with van der Waals surface area (Å²) in [6.45, 7) is 4.00. The van der Waals surface area contributed by atoms with Crippen LogP contribution in [-0.4, -0.2) is 35.5 Å². The van der Waals surface area contributed by atoms with Gasteiger partial charge in [0.15, 0.2) is 0 Å². The van der Waals surface area contributed by atoms with Crippen LogP contribution in [0.15, 0.2) is 0 Å². The molecule has 0 saturated heterocycles. The minimum atomic E-state index is -0.854. The van der Waals surface area contributed by atoms with Crippen molar-refractivity contribution in [2.24, 2.45) is 11.8 Å². The maximum atomic E-state index is 11.9. The van der Waals surface area contributed by atoms with E-state index in [-0.39, 0.29) is 24.4 Å². The Balaban J connectivity index is 2.38. The van der Waals surface area contributed by atoms with Crippen LogP contribution in [0.5, 0.6) is 0 Å². The molecule has 1 aliphatic rings. The van der Waals surface area contributed by atoms with Gasteiger partial charge in [0.1, 0.15) is 0 Å². The van der Waals surface area contributed by atoms with Gasteiger partial charge in [-0.3, -0.25) is 14.4 Å². The lowest BCUT2D eigenvalue weighted by Gasteiger charge is -2.23. The number of nitrogens with one attached hydrogen (secondary N) is 2. The minimum absolute atomic E-state index is 0.0836. The van der Waals surface area contributed by atoms with Crippen LogP contribution in [0.1, 0.15) is 58.8 Å². The smallest absolute Gasteiger partial charge is 0.308 e. The summed E-state index contributed by atoms with van der Waals surface area (Å²) in [6.07, 6.45) is 5.29. The Morgan fingerprint density at radius 3 is 2.41 bits per heavy atom. The van der Waals surface area contributed by atoms with Gasteiger partial charge in [0, 0.05) is 12.5 Å². The van der Waals surface area contributed by atoms with Gasteiger partial charge in [-0.1, -0.05) is 33.1 Å². The van der Waals surface area contributed by atoms with Gasteiger partial charge in [0.05, 0.1) is 12.5 Å². The number of carboxylic acids is 1. The first-order valence-corrected chi connectivity index (χ1v) is 8.19. The lowest BCUT2D eigenvalue weighted by molar-refractivity contribution is -0.143. The molecule has 1 aliphatic carbocycles. The molecule has 0 aromatic rings. The predicted octanol–water partition coefficient (Wildman–Crippen LogP) is 1.69. The zero-order valence-corrected chi connectivity index (χ0v) is 13.6. The standard InChI is InChI=1S/C16H28N2O4/c1-11(2)8-9-14(19)17-10-15(20)18-13-7-5-3-4-6-12(13)16(21)22/h11-13H,3-10H2,1-2H3,(H,17,19)(H,18,20)(H,21,22)/t12-,13+/m1/s1. The molecule has 0 aromatic heterocycles. The summed E-state index contributed by atoms with van der Waals surface area (Å²) in [5.41, 5.74) is 0. The third-order valence-corrected chi connectivity index (χ3v) is 4.07. The highest BCUT2D eigenvalue weighted by Crippen LogP contribution is 2.23. The fourth-order valence-corrected chi connectivity index (χ4v) is 2.72. The van der Waals surface area contributed by atoms with E-state index >= 15 is 0 Å². The molecule has 0 aliphatic heterocycles. The highest BCUT2D eigenvalue weighted by Gasteiger charge is 2.30. The SMILES string of the molecule is CC(C)CCC(=O)NCC(=O)N[C@H]1CCCCC[C@H]1C(=O)O. The number of amides is 2. The molecule has 0 heterocycles. The van der Waals surface area contributed by atoms with E-state index in [0.29, 0.717) is 25.2 Å². The maximum absolute atomic E-state index is 11.9. The van der Waals surface area contributed by atoms with E-state index in [1.165, 1.54) is 0 Å². The number of carbonyl (C=O) groups excluding carboxylic acids is 2. The third-order valence-electron chi connectivity index (χ3n) is 4.07. The van der Waals surface area contributed by atoms with Crippen LogP contribution in [-0.2, 0) is 14.4 Å². The van der Waals surface area contributed by atoms with Gasteiger partial charge in [-0.2, -0.15) is 0 Å². The molecule has 0 radical (unpaired) electrons. The Kier molecular flexibility index (Phi) is 7.91. The zero-order valence-electron chi connectivity index (χ0n) is 13.6. The molecule has 0 bridgehead atoms. The lowest BCUT2D eigenvalue weighted by Crippen LogP contribution is -2.46. The van der Waals surface area contributed by atoms with Crippen molar-refractivity contribution in [3.8, 4) is 0 Å². The molecule has 0 spiro atoms. The van der Waals surface area contributed by atoms with E-state index in [4.69, 9.17) is 0 Å². The molecular formula is C16H28N2O4. The summed E-state index contributed by atoms with van der Waals surface area (Å²) in [6, 6.07) is -0.333. The van der Waals surface area contributed by atoms with E-state index in [0.717, 1.165) is 25.7 Å². The number of rotatable bonds is 7. The molecule has 0 aromatic carbocycles. The highest BCUT2D eigenvalue weighted by molar-refractivity contribution is 5.85. The summed E-state index contributed by atoms with van der Waals surface area (Å²) in [5.74, 6) is -1.38. The Hall–Kier alpha value is -1.59. The van der Waals surface area contributed by atoms with Crippen LogP contribution in [0.25, 0.3) is 0 Å². The van der Waals surface area contributed by atoms with Crippen molar-refractivity contribution in [2.45, 2.75) is 64.8 Å². The Morgan fingerprint density at radius 1 is 1.09 bits per heavy atom. The zero-order chi connectivity index (χ0) is 16.5. The molecule has 126 valence electrons. The van der Waals surface area contributed by atoms with E-state index in [9.17, 15) is 19.5 Å². The average molecular weight is 312 g/mol. The normalized spacial score (nSPS) is 22.0. The van der Waals surface area contributed by atoms with Crippen molar-refractivity contribution in [2.75, 3.05) is 6.54 Å². The fraction of sp³-hybridized carbons (Fsp3) is 0.812. The Bertz CT molecular complexity index is 396. The summed E-state index contributed by atoms with van der Waals surface area (Å²) >= 11 is 0. The monoisotopic (exact) mass is 312 g/mol. The van der Waals surface area contributed by atoms with Crippen molar-refractivity contribution >= 4 is 17.8 Å². The number of hydrogen-bond donors (Lipinski definition) is 3. The van der Waals surface area contributed by atoms with Crippen molar-refractivity contribution in [3.05, 3.63) is 0 Å². The topological polar surface area (TPSA) is 95.5 Å². The Labute approximate surface area is 132 Å². The van der Waals surface area contributed by atoms with Crippen LogP contribution in [0.4, 0.5) is 0 Å². The maximum Gasteiger partial charge on any atom is 0.308 e. The number of carbonyl (C=O) groups is 3. The van der Waals surface area contributed by atoms with Gasteiger partial charge in [-0.25, -0.2) is 0 Å². The second-order valence-corrected chi connectivity index (χ2v) is 6.47. The predicted molar refractivity (Wildman–Crippen MR) is 83.2 cm³/mol. The summed E-state index contributed by atoms with van der Waals surface area (Å²) < 4.78 is 0. The first kappa shape index (κ1) is 18.5. The number of hydrogen-bond acceptors (Lipinski definition) is 3. The third kappa shape index (κ3) is 6.91. The largest absolute Gasteiger partial charge is 0.481 e. The molecule has 1 saturated carbocycles. The van der Waals surface area contributed by atoms with Crippen LogP contribution in [0.2, 0.25) is 0 Å². The van der Waals surface area contributed by atoms with Gasteiger partial charge in [-0.15, -0.1) is 0 Å². The summed E-state index contributed by atoms with van der Waals surface area (Å²) in [4.78, 5) is 34.8. The van der Waals surface area contributed by atoms with Crippen LogP contribution >= 0.6 is 0 Å². The first-order chi connectivity index (χ1) is 10.4. The first-order valence-electron chi connectivity index (χ1n) is 8.19. The molecular weight excluding hydrogens is 284 g/mol. The summed E-state index contributed by atoms with van der Waals surface area (Å²) in [5, 5.41) is 14.6. The van der Waals surface area contributed by atoms with Crippen LogP contribution in [0, 0.1) is 11.8 Å². The summed E-state index contributed by atoms with van der Waals surface area (Å²) in [7, 11) is 0. The van der Waals surface area contributed by atoms with Crippen LogP contribution < -0.4 is 10.6 Å². The van der Waals surface area contributed by atoms with Gasteiger partial charge in [-0.05, 0) is 25.2 Å². The second kappa shape index (κ2) is 9.43. The Morgan fingerprint density at radius 2 is 1.77 bits per heavy atom. The minimum Gasteiger partial charge on any atom is -0.481 e. The van der Waals surface area contributed by atoms with Crippen LogP contribution in [0.3, 0.4) is 0 Å². The highest BCUT2D eigenvalue weighted by atomic mass is 16.4. The number of aliphatic carboxylic acids is 1. The molecule has 6 heteroatoms. The van der Waals surface area contributed by atoms with Gasteiger partial charge in [0.25, 0.3) is 0 Å². The quantitative estimate of drug-likeness (QED) is 0.623. The number of carboxylic acid groups (broad SMARTS) is 1. The molecule has 3 N–H and O–H groups in total. The van der Waals surface area contributed by atoms with Gasteiger partial charge in [0.2, 0.25) is 11.8 Å². The molecule has 6 nitrogen and oxygen atoms in total. The molecule has 1 fully saturated rings. The van der Waals surface area contributed by atoms with Crippen molar-refractivity contribution in [3.63, 3.8) is 0 Å². The molecule has 2 amide bonds. The fourth-order valence-electron chi connectivity index (χ4n) is 2.72. The van der Waals surface area contributed by atoms with E-state index in [1.54, 1.807) is 0 Å². The molecule has 1 rings (SSSR count). The van der Waals surface area contributed by atoms with Gasteiger partial charge >= 0.3 is 5.97 Å². The molecule has 2 atom stereocenters. The van der Waals surface area contributed by atoms with Crippen molar-refractivity contribution in [1.82, 2.24) is 10.6 Å². The lowest BCUT2D eigenvalue weighted by atomic mass is 9.95. The average Bonchev–Trinajstić information content (AvgIpc) is 2.68. The molecule has 22 heavy (non-hydrogen) atoms. The van der Waals surface area contributed by atoms with E-state index in [1.807, 2.05) is 13.8 Å². The van der Waals surface area contributed by atoms with Crippen molar-refractivity contribution in [1.29, 1.82) is 0 Å². The van der Waals surface area contributed by atoms with Gasteiger partial charge < -0.3 is 15.7 Å². The molecule has 0 unspecified atom stereocenters.